The molecule has 0 spiro atoms. The fourth-order valence-corrected chi connectivity index (χ4v) is 3.76. The normalized spacial score (nSPS) is 16.2. The monoisotopic (exact) mass is 358 g/mol. The van der Waals surface area contributed by atoms with Crippen molar-refractivity contribution in [2.24, 2.45) is 0 Å². The van der Waals surface area contributed by atoms with Gasteiger partial charge < -0.3 is 10.1 Å². The molecular formula is C22H29ClNO+. The Labute approximate surface area is 156 Å². The Morgan fingerprint density at radius 1 is 0.920 bits per heavy atom. The van der Waals surface area contributed by atoms with Crippen LogP contribution in [0.15, 0.2) is 48.5 Å². The predicted octanol–water partition coefficient (Wildman–Crippen LogP) is 5.10. The van der Waals surface area contributed by atoms with Gasteiger partial charge in [-0.25, -0.2) is 0 Å². The first kappa shape index (κ1) is 18.3. The second-order valence-corrected chi connectivity index (χ2v) is 7.48. The zero-order chi connectivity index (χ0) is 17.3. The molecule has 2 aromatic rings. The maximum atomic E-state index is 6.20. The third kappa shape index (κ3) is 6.05. The molecule has 2 aromatic carbocycles. The van der Waals surface area contributed by atoms with Gasteiger partial charge in [-0.15, -0.1) is 0 Å². The van der Waals surface area contributed by atoms with Gasteiger partial charge in [-0.3, -0.25) is 0 Å². The number of hydrogen-bond donors (Lipinski definition) is 1. The number of quaternary nitrogens is 1. The number of rotatable bonds is 6. The van der Waals surface area contributed by atoms with Crippen molar-refractivity contribution < 1.29 is 10.1 Å². The number of hydrogen-bond acceptors (Lipinski definition) is 1. The molecule has 0 amide bonds. The molecule has 3 rings (SSSR count). The molecule has 1 saturated carbocycles. The molecule has 0 saturated heterocycles. The van der Waals surface area contributed by atoms with Crippen LogP contribution in [-0.4, -0.2) is 6.04 Å². The van der Waals surface area contributed by atoms with E-state index >= 15 is 0 Å². The Hall–Kier alpha value is -1.51. The molecule has 0 aromatic heterocycles. The van der Waals surface area contributed by atoms with Crippen LogP contribution in [0.1, 0.15) is 56.1 Å². The Kier molecular flexibility index (Phi) is 7.20. The summed E-state index contributed by atoms with van der Waals surface area (Å²) in [5, 5.41) is 3.29. The molecule has 0 radical (unpaired) electrons. The minimum absolute atomic E-state index is 0.509. The fraction of sp³-hybridized carbons (Fsp3) is 0.455. The van der Waals surface area contributed by atoms with Crippen LogP contribution in [0, 0.1) is 0 Å². The summed E-state index contributed by atoms with van der Waals surface area (Å²) in [7, 11) is 0. The summed E-state index contributed by atoms with van der Waals surface area (Å²) >= 11 is 6.20. The van der Waals surface area contributed by atoms with Gasteiger partial charge in [0.15, 0.2) is 0 Å². The van der Waals surface area contributed by atoms with E-state index in [1.807, 2.05) is 30.3 Å². The van der Waals surface area contributed by atoms with Gasteiger partial charge in [0.2, 0.25) is 0 Å². The van der Waals surface area contributed by atoms with E-state index in [9.17, 15) is 0 Å². The van der Waals surface area contributed by atoms with Crippen molar-refractivity contribution in [3.8, 4) is 5.75 Å². The first-order valence-electron chi connectivity index (χ1n) is 9.60. The molecule has 0 heterocycles. The van der Waals surface area contributed by atoms with E-state index < -0.39 is 0 Å². The second kappa shape index (κ2) is 9.84. The Bertz CT molecular complexity index is 650. The van der Waals surface area contributed by atoms with E-state index in [1.54, 1.807) is 0 Å². The van der Waals surface area contributed by atoms with Crippen molar-refractivity contribution in [3.05, 3.63) is 64.7 Å². The predicted molar refractivity (Wildman–Crippen MR) is 104 cm³/mol. The quantitative estimate of drug-likeness (QED) is 0.764. The van der Waals surface area contributed by atoms with Crippen molar-refractivity contribution >= 4 is 11.6 Å². The van der Waals surface area contributed by atoms with Crippen LogP contribution in [0.25, 0.3) is 0 Å². The summed E-state index contributed by atoms with van der Waals surface area (Å²) in [4.78, 5) is 0. The van der Waals surface area contributed by atoms with Crippen LogP contribution < -0.4 is 10.1 Å². The van der Waals surface area contributed by atoms with Crippen molar-refractivity contribution in [2.75, 3.05) is 0 Å². The molecule has 0 atom stereocenters. The summed E-state index contributed by atoms with van der Waals surface area (Å²) in [5.74, 6) is 0.920. The van der Waals surface area contributed by atoms with Gasteiger partial charge in [0.25, 0.3) is 0 Å². The van der Waals surface area contributed by atoms with Crippen LogP contribution in [0.3, 0.4) is 0 Å². The smallest absolute Gasteiger partial charge is 0.120 e. The molecule has 3 heteroatoms. The van der Waals surface area contributed by atoms with Crippen molar-refractivity contribution in [2.45, 2.75) is 64.1 Å². The van der Waals surface area contributed by atoms with E-state index in [0.29, 0.717) is 6.61 Å². The summed E-state index contributed by atoms with van der Waals surface area (Å²) in [6, 6.07) is 17.1. The van der Waals surface area contributed by atoms with Gasteiger partial charge in [0.1, 0.15) is 18.9 Å². The highest BCUT2D eigenvalue weighted by atomic mass is 35.5. The maximum Gasteiger partial charge on any atom is 0.120 e. The molecule has 1 aliphatic rings. The standard InChI is InChI=1S/C22H28ClNO/c23-22-14-7-6-10-19(22)17-25-21-13-8-9-18(15-21)16-24-20-11-4-2-1-3-5-12-20/h6-10,13-15,20,24H,1-5,11-12,16-17H2/p+1. The van der Waals surface area contributed by atoms with Gasteiger partial charge >= 0.3 is 0 Å². The molecule has 0 unspecified atom stereocenters. The molecule has 25 heavy (non-hydrogen) atoms. The molecule has 2 nitrogen and oxygen atoms in total. The van der Waals surface area contributed by atoms with E-state index in [1.165, 1.54) is 50.5 Å². The SMILES string of the molecule is Clc1ccccc1COc1cccc(C[NH2+]C2CCCCCCC2)c1. The minimum Gasteiger partial charge on any atom is -0.489 e. The van der Waals surface area contributed by atoms with Crippen LogP contribution in [0.4, 0.5) is 0 Å². The lowest BCUT2D eigenvalue weighted by molar-refractivity contribution is -0.706. The number of halogens is 1. The van der Waals surface area contributed by atoms with Crippen LogP contribution in [0.2, 0.25) is 5.02 Å². The third-order valence-electron chi connectivity index (χ3n) is 5.09. The van der Waals surface area contributed by atoms with E-state index in [-0.39, 0.29) is 0 Å². The van der Waals surface area contributed by atoms with Gasteiger partial charge in [-0.05, 0) is 43.9 Å². The Morgan fingerprint density at radius 2 is 1.68 bits per heavy atom. The zero-order valence-corrected chi connectivity index (χ0v) is 15.7. The highest BCUT2D eigenvalue weighted by Crippen LogP contribution is 2.19. The van der Waals surface area contributed by atoms with Crippen LogP contribution in [-0.2, 0) is 13.2 Å². The topological polar surface area (TPSA) is 25.8 Å². The highest BCUT2D eigenvalue weighted by Gasteiger charge is 2.14. The molecule has 134 valence electrons. The first-order valence-corrected chi connectivity index (χ1v) is 9.97. The summed E-state index contributed by atoms with van der Waals surface area (Å²) in [5.41, 5.74) is 2.36. The lowest BCUT2D eigenvalue weighted by atomic mass is 9.96. The van der Waals surface area contributed by atoms with Crippen LogP contribution in [0.5, 0.6) is 5.75 Å². The molecule has 0 bridgehead atoms. The number of ether oxygens (including phenoxy) is 1. The number of nitrogens with two attached hydrogens (primary N) is 1. The van der Waals surface area contributed by atoms with Gasteiger partial charge in [-0.1, -0.05) is 61.2 Å². The average Bonchev–Trinajstić information content (AvgIpc) is 2.60. The minimum atomic E-state index is 0.509. The molecule has 1 fully saturated rings. The largest absolute Gasteiger partial charge is 0.489 e. The van der Waals surface area contributed by atoms with E-state index in [4.69, 9.17) is 16.3 Å². The summed E-state index contributed by atoms with van der Waals surface area (Å²) < 4.78 is 5.94. The molecular weight excluding hydrogens is 330 g/mol. The number of benzene rings is 2. The van der Waals surface area contributed by atoms with E-state index in [0.717, 1.165) is 28.9 Å². The lowest BCUT2D eigenvalue weighted by Crippen LogP contribution is -2.88. The maximum absolute atomic E-state index is 6.20. The second-order valence-electron chi connectivity index (χ2n) is 7.07. The molecule has 2 N–H and O–H groups in total. The van der Waals surface area contributed by atoms with E-state index in [2.05, 4.69) is 23.5 Å². The fourth-order valence-electron chi connectivity index (χ4n) is 3.56. The molecule has 0 aliphatic heterocycles. The lowest BCUT2D eigenvalue weighted by Gasteiger charge is -2.18. The third-order valence-corrected chi connectivity index (χ3v) is 5.46. The van der Waals surface area contributed by atoms with Gasteiger partial charge in [-0.2, -0.15) is 0 Å². The van der Waals surface area contributed by atoms with Crippen molar-refractivity contribution in [1.29, 1.82) is 0 Å². The Morgan fingerprint density at radius 3 is 2.48 bits per heavy atom. The van der Waals surface area contributed by atoms with Crippen molar-refractivity contribution in [1.82, 2.24) is 0 Å². The Balaban J connectivity index is 1.51. The summed E-state index contributed by atoms with van der Waals surface area (Å²) in [6.07, 6.45) is 9.76. The van der Waals surface area contributed by atoms with Crippen molar-refractivity contribution in [3.63, 3.8) is 0 Å². The highest BCUT2D eigenvalue weighted by molar-refractivity contribution is 6.31. The average molecular weight is 359 g/mol. The summed E-state index contributed by atoms with van der Waals surface area (Å²) in [6.45, 7) is 1.55. The van der Waals surface area contributed by atoms with Gasteiger partial charge in [0, 0.05) is 16.1 Å². The zero-order valence-electron chi connectivity index (χ0n) is 14.9. The first-order chi connectivity index (χ1) is 12.3. The molecule has 1 aliphatic carbocycles. The van der Waals surface area contributed by atoms with Gasteiger partial charge in [0.05, 0.1) is 6.04 Å². The van der Waals surface area contributed by atoms with Crippen LogP contribution >= 0.6 is 11.6 Å².